The summed E-state index contributed by atoms with van der Waals surface area (Å²) in [5.41, 5.74) is 0.370. The third kappa shape index (κ3) is 4.16. The van der Waals surface area contributed by atoms with Crippen LogP contribution < -0.4 is 5.32 Å². The first-order valence-corrected chi connectivity index (χ1v) is 7.54. The SMILES string of the molecule is CC(=O)COC(=O)c1ccc(Cl)cc1NC(=O)c1cccs1. The summed E-state index contributed by atoms with van der Waals surface area (Å²) in [6.07, 6.45) is 0. The molecule has 0 atom stereocenters. The number of amides is 1. The van der Waals surface area contributed by atoms with Gasteiger partial charge in [-0.25, -0.2) is 4.79 Å². The monoisotopic (exact) mass is 337 g/mol. The lowest BCUT2D eigenvalue weighted by molar-refractivity contribution is -0.120. The second-order valence-electron chi connectivity index (χ2n) is 4.40. The Bertz CT molecular complexity index is 712. The molecule has 0 unspecified atom stereocenters. The number of ketones is 1. The molecule has 7 heteroatoms. The summed E-state index contributed by atoms with van der Waals surface area (Å²) >= 11 is 7.18. The minimum Gasteiger partial charge on any atom is -0.454 e. The number of carbonyl (C=O) groups excluding carboxylic acids is 3. The van der Waals surface area contributed by atoms with E-state index in [1.54, 1.807) is 17.5 Å². The van der Waals surface area contributed by atoms with Gasteiger partial charge in [0.05, 0.1) is 16.1 Å². The quantitative estimate of drug-likeness (QED) is 0.849. The molecule has 1 aromatic carbocycles. The van der Waals surface area contributed by atoms with Gasteiger partial charge in [0.1, 0.15) is 6.61 Å². The van der Waals surface area contributed by atoms with Crippen molar-refractivity contribution in [2.24, 2.45) is 0 Å². The number of hydrogen-bond acceptors (Lipinski definition) is 5. The fourth-order valence-electron chi connectivity index (χ4n) is 1.63. The Morgan fingerprint density at radius 3 is 2.68 bits per heavy atom. The number of hydrogen-bond donors (Lipinski definition) is 1. The van der Waals surface area contributed by atoms with Crippen molar-refractivity contribution in [3.63, 3.8) is 0 Å². The molecule has 1 heterocycles. The van der Waals surface area contributed by atoms with E-state index in [-0.39, 0.29) is 29.5 Å². The van der Waals surface area contributed by atoms with Crippen LogP contribution in [-0.4, -0.2) is 24.3 Å². The molecule has 0 aliphatic rings. The molecular formula is C15H12ClNO4S. The molecular weight excluding hydrogens is 326 g/mol. The smallest absolute Gasteiger partial charge is 0.340 e. The maximum Gasteiger partial charge on any atom is 0.340 e. The van der Waals surface area contributed by atoms with Crippen molar-refractivity contribution in [2.75, 3.05) is 11.9 Å². The number of rotatable bonds is 5. The van der Waals surface area contributed by atoms with Crippen molar-refractivity contribution in [3.8, 4) is 0 Å². The second-order valence-corrected chi connectivity index (χ2v) is 5.78. The zero-order chi connectivity index (χ0) is 16.1. The van der Waals surface area contributed by atoms with Crippen LogP contribution in [0.3, 0.4) is 0 Å². The summed E-state index contributed by atoms with van der Waals surface area (Å²) in [7, 11) is 0. The van der Waals surface area contributed by atoms with E-state index in [1.807, 2.05) is 0 Å². The van der Waals surface area contributed by atoms with E-state index in [9.17, 15) is 14.4 Å². The Kier molecular flexibility index (Phi) is 5.30. The molecule has 2 rings (SSSR count). The van der Waals surface area contributed by atoms with Gasteiger partial charge in [0.15, 0.2) is 5.78 Å². The first-order valence-electron chi connectivity index (χ1n) is 6.28. The highest BCUT2D eigenvalue weighted by molar-refractivity contribution is 7.12. The normalized spacial score (nSPS) is 10.1. The molecule has 0 aliphatic heterocycles. The highest BCUT2D eigenvalue weighted by Crippen LogP contribution is 2.23. The Morgan fingerprint density at radius 1 is 1.27 bits per heavy atom. The van der Waals surface area contributed by atoms with Gasteiger partial charge in [-0.05, 0) is 36.6 Å². The van der Waals surface area contributed by atoms with Crippen LogP contribution in [0, 0.1) is 0 Å². The summed E-state index contributed by atoms with van der Waals surface area (Å²) in [6, 6.07) is 7.82. The average Bonchev–Trinajstić information content (AvgIpc) is 2.99. The van der Waals surface area contributed by atoms with Crippen LogP contribution in [0.5, 0.6) is 0 Å². The summed E-state index contributed by atoms with van der Waals surface area (Å²) in [4.78, 5) is 35.4. The summed E-state index contributed by atoms with van der Waals surface area (Å²) in [6.45, 7) is 0.994. The van der Waals surface area contributed by atoms with Gasteiger partial charge in [-0.15, -0.1) is 11.3 Å². The van der Waals surface area contributed by atoms with Crippen molar-refractivity contribution in [2.45, 2.75) is 6.92 Å². The third-order valence-electron chi connectivity index (χ3n) is 2.60. The maximum absolute atomic E-state index is 12.1. The Morgan fingerprint density at radius 2 is 2.05 bits per heavy atom. The van der Waals surface area contributed by atoms with Crippen LogP contribution in [0.25, 0.3) is 0 Å². The van der Waals surface area contributed by atoms with Crippen LogP contribution in [0.15, 0.2) is 35.7 Å². The number of benzene rings is 1. The van der Waals surface area contributed by atoms with Gasteiger partial charge in [0.25, 0.3) is 5.91 Å². The zero-order valence-electron chi connectivity index (χ0n) is 11.6. The van der Waals surface area contributed by atoms with Gasteiger partial charge in [-0.2, -0.15) is 0 Å². The second kappa shape index (κ2) is 7.20. The molecule has 1 N–H and O–H groups in total. The molecule has 2 aromatic rings. The van der Waals surface area contributed by atoms with E-state index < -0.39 is 5.97 Å². The van der Waals surface area contributed by atoms with Crippen molar-refractivity contribution in [3.05, 3.63) is 51.2 Å². The first-order chi connectivity index (χ1) is 10.5. The van der Waals surface area contributed by atoms with E-state index in [2.05, 4.69) is 5.32 Å². The highest BCUT2D eigenvalue weighted by atomic mass is 35.5. The van der Waals surface area contributed by atoms with E-state index in [4.69, 9.17) is 16.3 Å². The van der Waals surface area contributed by atoms with E-state index in [1.165, 1.54) is 36.5 Å². The van der Waals surface area contributed by atoms with E-state index in [0.29, 0.717) is 9.90 Å². The summed E-state index contributed by atoms with van der Waals surface area (Å²) in [5, 5.41) is 4.76. The molecule has 0 spiro atoms. The molecule has 1 aromatic heterocycles. The van der Waals surface area contributed by atoms with Gasteiger partial charge in [0, 0.05) is 5.02 Å². The molecule has 0 bridgehead atoms. The predicted octanol–water partition coefficient (Wildman–Crippen LogP) is 3.40. The van der Waals surface area contributed by atoms with E-state index in [0.717, 1.165) is 0 Å². The standard InChI is InChI=1S/C15H12ClNO4S/c1-9(18)8-21-15(20)11-5-4-10(16)7-12(11)17-14(19)13-3-2-6-22-13/h2-7H,8H2,1H3,(H,17,19). The maximum atomic E-state index is 12.1. The van der Waals surface area contributed by atoms with Gasteiger partial charge < -0.3 is 10.1 Å². The van der Waals surface area contributed by atoms with Crippen LogP contribution in [0.1, 0.15) is 27.0 Å². The van der Waals surface area contributed by atoms with Crippen LogP contribution >= 0.6 is 22.9 Å². The van der Waals surface area contributed by atoms with Crippen molar-refractivity contribution in [1.82, 2.24) is 0 Å². The topological polar surface area (TPSA) is 72.5 Å². The minimum atomic E-state index is -0.701. The zero-order valence-corrected chi connectivity index (χ0v) is 13.2. The lowest BCUT2D eigenvalue weighted by Gasteiger charge is -2.10. The number of halogens is 1. The summed E-state index contributed by atoms with van der Waals surface area (Å²) < 4.78 is 4.86. The van der Waals surface area contributed by atoms with Gasteiger partial charge in [-0.3, -0.25) is 9.59 Å². The van der Waals surface area contributed by atoms with Crippen molar-refractivity contribution >= 4 is 46.3 Å². The molecule has 0 saturated carbocycles. The minimum absolute atomic E-state index is 0.135. The first kappa shape index (κ1) is 16.2. The largest absolute Gasteiger partial charge is 0.454 e. The number of ether oxygens (including phenoxy) is 1. The number of esters is 1. The van der Waals surface area contributed by atoms with Crippen molar-refractivity contribution < 1.29 is 19.1 Å². The number of thiophene rings is 1. The Labute approximate surface area is 135 Å². The van der Waals surface area contributed by atoms with Gasteiger partial charge in [0.2, 0.25) is 0 Å². The molecule has 0 saturated heterocycles. The Balaban J connectivity index is 2.22. The molecule has 0 fully saturated rings. The molecule has 114 valence electrons. The Hall–Kier alpha value is -2.18. The van der Waals surface area contributed by atoms with Crippen LogP contribution in [0.4, 0.5) is 5.69 Å². The molecule has 0 aliphatic carbocycles. The molecule has 22 heavy (non-hydrogen) atoms. The number of nitrogens with one attached hydrogen (secondary N) is 1. The lowest BCUT2D eigenvalue weighted by atomic mass is 10.1. The van der Waals surface area contributed by atoms with Crippen LogP contribution in [-0.2, 0) is 9.53 Å². The van der Waals surface area contributed by atoms with E-state index >= 15 is 0 Å². The highest BCUT2D eigenvalue weighted by Gasteiger charge is 2.17. The number of Topliss-reactive ketones (excluding diaryl/α,β-unsaturated/α-hetero) is 1. The lowest BCUT2D eigenvalue weighted by Crippen LogP contribution is -2.16. The van der Waals surface area contributed by atoms with Gasteiger partial charge >= 0.3 is 5.97 Å². The fraction of sp³-hybridized carbons (Fsp3) is 0.133. The predicted molar refractivity (Wildman–Crippen MR) is 84.7 cm³/mol. The fourth-order valence-corrected chi connectivity index (χ4v) is 2.43. The summed E-state index contributed by atoms with van der Waals surface area (Å²) in [5.74, 6) is -1.32. The van der Waals surface area contributed by atoms with Crippen molar-refractivity contribution in [1.29, 1.82) is 0 Å². The van der Waals surface area contributed by atoms with Crippen LogP contribution in [0.2, 0.25) is 5.02 Å². The molecule has 0 radical (unpaired) electrons. The van der Waals surface area contributed by atoms with Gasteiger partial charge in [-0.1, -0.05) is 17.7 Å². The number of anilines is 1. The average molecular weight is 338 g/mol. The molecule has 1 amide bonds. The third-order valence-corrected chi connectivity index (χ3v) is 3.70. The molecule has 5 nitrogen and oxygen atoms in total. The number of carbonyl (C=O) groups is 3.